The molecule has 7 heteroatoms. The quantitative estimate of drug-likeness (QED) is 0.703. The minimum Gasteiger partial charge on any atom is -0.349 e. The molecular weight excluding hydrogens is 352 g/mol. The van der Waals surface area contributed by atoms with Crippen LogP contribution < -0.4 is 4.90 Å². The van der Waals surface area contributed by atoms with Gasteiger partial charge in [0.15, 0.2) is 5.13 Å². The van der Waals surface area contributed by atoms with E-state index in [2.05, 4.69) is 22.4 Å². The molecule has 3 aromatic rings. The maximum atomic E-state index is 12.1. The van der Waals surface area contributed by atoms with Crippen LogP contribution in [0, 0.1) is 5.92 Å². The van der Waals surface area contributed by atoms with Gasteiger partial charge in [0, 0.05) is 33.1 Å². The molecule has 0 unspecified atom stereocenters. The average molecular weight is 373 g/mol. The summed E-state index contributed by atoms with van der Waals surface area (Å²) in [6.45, 7) is 1.75. The predicted molar refractivity (Wildman–Crippen MR) is 104 cm³/mol. The summed E-state index contributed by atoms with van der Waals surface area (Å²) in [6.07, 6.45) is 1.78. The lowest BCUT2D eigenvalue weighted by Gasteiger charge is -2.32. The minimum atomic E-state index is 0.143. The van der Waals surface area contributed by atoms with E-state index in [1.165, 1.54) is 4.88 Å². The highest BCUT2D eigenvalue weighted by Gasteiger charge is 2.27. The van der Waals surface area contributed by atoms with Crippen molar-refractivity contribution in [3.05, 3.63) is 29.6 Å². The summed E-state index contributed by atoms with van der Waals surface area (Å²) in [4.78, 5) is 27.8. The largest absolute Gasteiger partial charge is 0.349 e. The van der Waals surface area contributed by atoms with E-state index in [4.69, 9.17) is 9.97 Å². The lowest BCUT2D eigenvalue weighted by Crippen LogP contribution is -2.40. The molecule has 0 spiro atoms. The Morgan fingerprint density at radius 3 is 2.68 bits per heavy atom. The molecule has 0 N–H and O–H groups in total. The maximum Gasteiger partial charge on any atom is 0.225 e. The van der Waals surface area contributed by atoms with Gasteiger partial charge in [-0.15, -0.1) is 11.3 Å². The molecule has 1 aliphatic rings. The number of rotatable bonds is 3. The van der Waals surface area contributed by atoms with E-state index in [1.54, 1.807) is 27.6 Å². The first kappa shape index (κ1) is 16.5. The molecule has 0 atom stereocenters. The van der Waals surface area contributed by atoms with E-state index in [0.717, 1.165) is 47.1 Å². The van der Waals surface area contributed by atoms with Crippen LogP contribution >= 0.6 is 22.7 Å². The number of thiophene rings is 1. The lowest BCUT2D eigenvalue weighted by molar-refractivity contribution is -0.133. The minimum absolute atomic E-state index is 0.143. The van der Waals surface area contributed by atoms with Crippen molar-refractivity contribution in [2.45, 2.75) is 12.8 Å². The van der Waals surface area contributed by atoms with Crippen LogP contribution in [0.2, 0.25) is 0 Å². The fraction of sp³-hybridized carbons (Fsp3) is 0.389. The van der Waals surface area contributed by atoms with Crippen molar-refractivity contribution in [2.75, 3.05) is 32.1 Å². The zero-order valence-corrected chi connectivity index (χ0v) is 15.9. The first-order chi connectivity index (χ1) is 12.1. The lowest BCUT2D eigenvalue weighted by atomic mass is 9.96. The molecule has 0 aliphatic carbocycles. The smallest absolute Gasteiger partial charge is 0.225 e. The Bertz CT molecular complexity index is 880. The highest BCUT2D eigenvalue weighted by Crippen LogP contribution is 2.33. The molecular formula is C18H20N4OS2. The molecule has 0 bridgehead atoms. The number of amides is 1. The highest BCUT2D eigenvalue weighted by molar-refractivity contribution is 7.21. The van der Waals surface area contributed by atoms with Gasteiger partial charge >= 0.3 is 0 Å². The fourth-order valence-corrected chi connectivity index (χ4v) is 4.87. The Labute approximate surface area is 154 Å². The van der Waals surface area contributed by atoms with Gasteiger partial charge in [0.1, 0.15) is 10.3 Å². The summed E-state index contributed by atoms with van der Waals surface area (Å²) in [5.41, 5.74) is 1.96. The molecule has 25 heavy (non-hydrogen) atoms. The number of anilines is 1. The molecule has 3 aromatic heterocycles. The summed E-state index contributed by atoms with van der Waals surface area (Å²) in [5.74, 6) is 0.385. The van der Waals surface area contributed by atoms with Gasteiger partial charge in [-0.3, -0.25) is 4.79 Å². The van der Waals surface area contributed by atoms with Gasteiger partial charge in [-0.05, 0) is 36.4 Å². The standard InChI is InChI=1S/C18H20N4OS2/c1-21(2)17(23)12-7-9-22(10-8-12)18-20-14-6-5-13(19-16(14)25-18)15-4-3-11-24-15/h3-6,11-12H,7-10H2,1-2H3. The zero-order chi connectivity index (χ0) is 17.4. The predicted octanol–water partition coefficient (Wildman–Crippen LogP) is 3.72. The third kappa shape index (κ3) is 3.26. The molecule has 1 fully saturated rings. The highest BCUT2D eigenvalue weighted by atomic mass is 32.1. The second-order valence-electron chi connectivity index (χ2n) is 6.49. The number of hydrogen-bond donors (Lipinski definition) is 0. The SMILES string of the molecule is CN(C)C(=O)C1CCN(c2nc3ccc(-c4cccs4)nc3s2)CC1. The maximum absolute atomic E-state index is 12.1. The Hall–Kier alpha value is -1.99. The molecule has 1 aliphatic heterocycles. The van der Waals surface area contributed by atoms with Crippen LogP contribution in [0.4, 0.5) is 5.13 Å². The van der Waals surface area contributed by atoms with Gasteiger partial charge in [0.05, 0.1) is 10.6 Å². The van der Waals surface area contributed by atoms with Crippen molar-refractivity contribution in [1.29, 1.82) is 0 Å². The first-order valence-corrected chi connectivity index (χ1v) is 10.1. The van der Waals surface area contributed by atoms with Crippen LogP contribution in [-0.4, -0.2) is 48.0 Å². The number of hydrogen-bond acceptors (Lipinski definition) is 6. The van der Waals surface area contributed by atoms with E-state index in [0.29, 0.717) is 0 Å². The molecule has 0 saturated carbocycles. The van der Waals surface area contributed by atoms with Gasteiger partial charge < -0.3 is 9.80 Å². The fourth-order valence-electron chi connectivity index (χ4n) is 3.19. The average Bonchev–Trinajstić information content (AvgIpc) is 3.30. The van der Waals surface area contributed by atoms with Gasteiger partial charge in [-0.2, -0.15) is 0 Å². The summed E-state index contributed by atoms with van der Waals surface area (Å²) in [6, 6.07) is 8.23. The monoisotopic (exact) mass is 372 g/mol. The van der Waals surface area contributed by atoms with Crippen LogP contribution in [0.1, 0.15) is 12.8 Å². The van der Waals surface area contributed by atoms with Crippen molar-refractivity contribution < 1.29 is 4.79 Å². The van der Waals surface area contributed by atoms with Crippen molar-refractivity contribution in [3.8, 4) is 10.6 Å². The summed E-state index contributed by atoms with van der Waals surface area (Å²) >= 11 is 3.34. The third-order valence-corrected chi connectivity index (χ3v) is 6.49. The van der Waals surface area contributed by atoms with Gasteiger partial charge in [0.2, 0.25) is 5.91 Å². The number of piperidine rings is 1. The van der Waals surface area contributed by atoms with E-state index < -0.39 is 0 Å². The Kier molecular flexibility index (Phi) is 4.43. The molecule has 0 aromatic carbocycles. The van der Waals surface area contributed by atoms with Crippen LogP contribution in [-0.2, 0) is 4.79 Å². The van der Waals surface area contributed by atoms with Crippen molar-refractivity contribution >= 4 is 44.1 Å². The second kappa shape index (κ2) is 6.72. The molecule has 4 heterocycles. The molecule has 5 nitrogen and oxygen atoms in total. The summed E-state index contributed by atoms with van der Waals surface area (Å²) < 4.78 is 0. The first-order valence-electron chi connectivity index (χ1n) is 8.39. The van der Waals surface area contributed by atoms with Gasteiger partial charge in [0.25, 0.3) is 0 Å². The van der Waals surface area contributed by atoms with E-state index in [9.17, 15) is 4.79 Å². The Balaban J connectivity index is 1.52. The van der Waals surface area contributed by atoms with Crippen LogP contribution in [0.5, 0.6) is 0 Å². The topological polar surface area (TPSA) is 49.3 Å². The Morgan fingerprint density at radius 2 is 2.00 bits per heavy atom. The van der Waals surface area contributed by atoms with Crippen LogP contribution in [0.3, 0.4) is 0 Å². The van der Waals surface area contributed by atoms with Gasteiger partial charge in [-0.1, -0.05) is 17.4 Å². The number of nitrogens with zero attached hydrogens (tertiary/aromatic N) is 4. The second-order valence-corrected chi connectivity index (χ2v) is 8.39. The Morgan fingerprint density at radius 1 is 1.20 bits per heavy atom. The number of carbonyl (C=O) groups excluding carboxylic acids is 1. The number of carbonyl (C=O) groups is 1. The molecule has 1 saturated heterocycles. The van der Waals surface area contributed by atoms with Crippen molar-refractivity contribution in [2.24, 2.45) is 5.92 Å². The third-order valence-electron chi connectivity index (χ3n) is 4.57. The molecule has 130 valence electrons. The van der Waals surface area contributed by atoms with Crippen molar-refractivity contribution in [1.82, 2.24) is 14.9 Å². The van der Waals surface area contributed by atoms with Crippen LogP contribution in [0.25, 0.3) is 20.9 Å². The number of aromatic nitrogens is 2. The molecule has 1 amide bonds. The molecule has 4 rings (SSSR count). The van der Waals surface area contributed by atoms with Crippen LogP contribution in [0.15, 0.2) is 29.6 Å². The summed E-state index contributed by atoms with van der Waals surface area (Å²) in [7, 11) is 3.66. The van der Waals surface area contributed by atoms with E-state index in [-0.39, 0.29) is 11.8 Å². The normalized spacial score (nSPS) is 15.7. The van der Waals surface area contributed by atoms with Gasteiger partial charge in [-0.25, -0.2) is 9.97 Å². The number of pyridine rings is 1. The number of fused-ring (bicyclic) bond motifs is 1. The molecule has 0 radical (unpaired) electrons. The zero-order valence-electron chi connectivity index (χ0n) is 14.3. The van der Waals surface area contributed by atoms with E-state index >= 15 is 0 Å². The summed E-state index contributed by atoms with van der Waals surface area (Å²) in [5, 5.41) is 3.08. The van der Waals surface area contributed by atoms with Crippen molar-refractivity contribution in [3.63, 3.8) is 0 Å². The van der Waals surface area contributed by atoms with E-state index in [1.807, 2.05) is 26.2 Å². The number of thiazole rings is 1.